The van der Waals surface area contributed by atoms with Gasteiger partial charge in [-0.15, -0.1) is 0 Å². The Bertz CT molecular complexity index is 1350. The van der Waals surface area contributed by atoms with Crippen LogP contribution in [0.1, 0.15) is 56.2 Å². The third-order valence-corrected chi connectivity index (χ3v) is 9.24. The fraction of sp³-hybridized carbons (Fsp3) is 0.438. The van der Waals surface area contributed by atoms with Crippen molar-refractivity contribution in [1.29, 1.82) is 0 Å². The van der Waals surface area contributed by atoms with E-state index in [1.54, 1.807) is 12.3 Å². The Balaban J connectivity index is 1.46. The van der Waals surface area contributed by atoms with Gasteiger partial charge in [0.15, 0.2) is 5.78 Å². The molecule has 0 amide bonds. The Morgan fingerprint density at radius 1 is 1.14 bits per heavy atom. The van der Waals surface area contributed by atoms with Crippen LogP contribution in [0, 0.1) is 23.2 Å². The molecular formula is C32H34N2O3. The van der Waals surface area contributed by atoms with Gasteiger partial charge in [-0.05, 0) is 90.1 Å². The van der Waals surface area contributed by atoms with Gasteiger partial charge in [0.25, 0.3) is 0 Å². The number of ketones is 1. The molecule has 2 fully saturated rings. The van der Waals surface area contributed by atoms with Crippen LogP contribution >= 0.6 is 0 Å². The summed E-state index contributed by atoms with van der Waals surface area (Å²) in [6, 6.07) is 14.4. The van der Waals surface area contributed by atoms with Gasteiger partial charge in [-0.1, -0.05) is 31.0 Å². The van der Waals surface area contributed by atoms with Crippen LogP contribution in [0.15, 0.2) is 71.5 Å². The van der Waals surface area contributed by atoms with Crippen molar-refractivity contribution in [3.05, 3.63) is 82.7 Å². The lowest BCUT2D eigenvalue weighted by atomic mass is 9.55. The molecule has 37 heavy (non-hydrogen) atoms. The number of rotatable bonds is 2. The molecule has 0 saturated heterocycles. The minimum atomic E-state index is -1.13. The Labute approximate surface area is 219 Å². The third kappa shape index (κ3) is 3.95. The lowest BCUT2D eigenvalue weighted by Gasteiger charge is -2.53. The molecule has 2 heterocycles. The summed E-state index contributed by atoms with van der Waals surface area (Å²) in [5, 5.41) is 12.1. The smallest absolute Gasteiger partial charge is 0.156 e. The first-order chi connectivity index (χ1) is 17.8. The largest absolute Gasteiger partial charge is 0.378 e. The molecule has 1 aromatic heterocycles. The highest BCUT2D eigenvalue weighted by Gasteiger charge is 2.63. The summed E-state index contributed by atoms with van der Waals surface area (Å²) in [4.78, 5) is 18.7. The number of pyridine rings is 1. The topological polar surface area (TPSA) is 62.7 Å². The van der Waals surface area contributed by atoms with Gasteiger partial charge in [0.05, 0.1) is 12.7 Å². The Morgan fingerprint density at radius 3 is 2.68 bits per heavy atom. The number of benzene rings is 1. The number of aliphatic hydroxyl groups is 1. The van der Waals surface area contributed by atoms with Crippen LogP contribution in [-0.4, -0.2) is 48.3 Å². The molecule has 190 valence electrons. The summed E-state index contributed by atoms with van der Waals surface area (Å²) in [6.45, 7) is 2.67. The first-order valence-corrected chi connectivity index (χ1v) is 13.3. The molecule has 2 saturated carbocycles. The molecule has 0 spiro atoms. The molecule has 2 aromatic rings. The fourth-order valence-corrected chi connectivity index (χ4v) is 7.13. The van der Waals surface area contributed by atoms with Crippen LogP contribution in [0.2, 0.25) is 0 Å². The summed E-state index contributed by atoms with van der Waals surface area (Å²) in [7, 11) is 4.09. The molecular weight excluding hydrogens is 460 g/mol. The quantitative estimate of drug-likeness (QED) is 0.607. The highest BCUT2D eigenvalue weighted by Crippen LogP contribution is 2.64. The van der Waals surface area contributed by atoms with Crippen molar-refractivity contribution < 1.29 is 14.6 Å². The molecule has 1 aliphatic heterocycles. The number of anilines is 1. The maximum Gasteiger partial charge on any atom is 0.156 e. The van der Waals surface area contributed by atoms with E-state index in [4.69, 9.17) is 4.74 Å². The molecule has 4 aliphatic rings. The van der Waals surface area contributed by atoms with Gasteiger partial charge in [-0.25, -0.2) is 4.98 Å². The van der Waals surface area contributed by atoms with E-state index in [-0.39, 0.29) is 23.7 Å². The number of carbonyl (C=O) groups excluding carboxylic acids is 1. The SMILES string of the molecule is CN(C)c1ccc(C2CC3(C)C(CCC3(O)C#Cc3ccccn3)C3OCC4=CC(=O)CCC4=C23)cc1. The second-order valence-electron chi connectivity index (χ2n) is 11.4. The number of carbonyl (C=O) groups is 1. The number of fused-ring (bicyclic) bond motifs is 4. The average Bonchev–Trinajstić information content (AvgIpc) is 3.17. The van der Waals surface area contributed by atoms with E-state index in [1.165, 1.54) is 16.7 Å². The van der Waals surface area contributed by atoms with Crippen molar-refractivity contribution in [2.75, 3.05) is 25.6 Å². The maximum absolute atomic E-state index is 12.2. The summed E-state index contributed by atoms with van der Waals surface area (Å²) >= 11 is 0. The van der Waals surface area contributed by atoms with Crippen LogP contribution in [0.5, 0.6) is 0 Å². The predicted molar refractivity (Wildman–Crippen MR) is 144 cm³/mol. The van der Waals surface area contributed by atoms with E-state index in [0.717, 1.165) is 30.5 Å². The second kappa shape index (κ2) is 8.97. The molecule has 3 aliphatic carbocycles. The molecule has 1 aromatic carbocycles. The fourth-order valence-electron chi connectivity index (χ4n) is 7.13. The van der Waals surface area contributed by atoms with Crippen molar-refractivity contribution in [2.24, 2.45) is 11.3 Å². The molecule has 0 bridgehead atoms. The van der Waals surface area contributed by atoms with Crippen LogP contribution in [-0.2, 0) is 9.53 Å². The van der Waals surface area contributed by atoms with Gasteiger partial charge < -0.3 is 14.7 Å². The predicted octanol–water partition coefficient (Wildman–Crippen LogP) is 4.82. The van der Waals surface area contributed by atoms with Crippen molar-refractivity contribution >= 4 is 11.5 Å². The van der Waals surface area contributed by atoms with Crippen molar-refractivity contribution in [3.63, 3.8) is 0 Å². The summed E-state index contributed by atoms with van der Waals surface area (Å²) in [6.07, 6.45) is 7.04. The van der Waals surface area contributed by atoms with E-state index >= 15 is 0 Å². The molecule has 5 atom stereocenters. The van der Waals surface area contributed by atoms with E-state index in [9.17, 15) is 9.90 Å². The zero-order valence-electron chi connectivity index (χ0n) is 21.8. The van der Waals surface area contributed by atoms with Crippen LogP contribution < -0.4 is 4.90 Å². The van der Waals surface area contributed by atoms with Crippen LogP contribution in [0.25, 0.3) is 0 Å². The number of ether oxygens (including phenoxy) is 1. The number of allylic oxidation sites excluding steroid dienone is 1. The zero-order chi connectivity index (χ0) is 25.8. The van der Waals surface area contributed by atoms with Crippen molar-refractivity contribution in [2.45, 2.75) is 56.7 Å². The Kier molecular flexibility index (Phi) is 5.86. The molecule has 5 nitrogen and oxygen atoms in total. The minimum absolute atomic E-state index is 0.0803. The van der Waals surface area contributed by atoms with E-state index in [1.807, 2.05) is 32.3 Å². The van der Waals surface area contributed by atoms with Gasteiger partial charge in [0, 0.05) is 43.7 Å². The maximum atomic E-state index is 12.2. The van der Waals surface area contributed by atoms with Crippen molar-refractivity contribution in [3.8, 4) is 11.8 Å². The first kappa shape index (κ1) is 24.2. The van der Waals surface area contributed by atoms with Gasteiger partial charge in [-0.2, -0.15) is 0 Å². The van der Waals surface area contributed by atoms with Gasteiger partial charge >= 0.3 is 0 Å². The molecule has 5 unspecified atom stereocenters. The highest BCUT2D eigenvalue weighted by molar-refractivity contribution is 5.93. The minimum Gasteiger partial charge on any atom is -0.378 e. The standard InChI is InChI=1S/C32H34N2O3/c1-31-19-27(21-7-9-24(10-8-21)34(2)3)29-26-12-11-25(35)18-22(26)20-37-30(29)28(31)14-16-32(31,36)15-13-23-6-4-5-17-33-23/h4-10,17-18,27-28,30,36H,11-12,14,16,19-20H2,1-3H3. The Morgan fingerprint density at radius 2 is 1.95 bits per heavy atom. The summed E-state index contributed by atoms with van der Waals surface area (Å²) in [5.74, 6) is 6.89. The highest BCUT2D eigenvalue weighted by atomic mass is 16.5. The normalized spacial score (nSPS) is 32.5. The summed E-state index contributed by atoms with van der Waals surface area (Å²) in [5.41, 5.74) is 5.17. The summed E-state index contributed by atoms with van der Waals surface area (Å²) < 4.78 is 6.59. The molecule has 1 N–H and O–H groups in total. The molecule has 5 heteroatoms. The molecule has 0 radical (unpaired) electrons. The molecule has 6 rings (SSSR count). The average molecular weight is 495 g/mol. The van der Waals surface area contributed by atoms with Crippen LogP contribution in [0.4, 0.5) is 5.69 Å². The number of aromatic nitrogens is 1. The second-order valence-corrected chi connectivity index (χ2v) is 11.4. The van der Waals surface area contributed by atoms with E-state index < -0.39 is 11.0 Å². The number of nitrogens with zero attached hydrogens (tertiary/aromatic N) is 2. The van der Waals surface area contributed by atoms with Gasteiger partial charge in [0.1, 0.15) is 11.3 Å². The van der Waals surface area contributed by atoms with Crippen molar-refractivity contribution in [1.82, 2.24) is 4.98 Å². The lowest BCUT2D eigenvalue weighted by molar-refractivity contribution is -0.115. The first-order valence-electron chi connectivity index (χ1n) is 13.3. The number of hydrogen-bond acceptors (Lipinski definition) is 5. The van der Waals surface area contributed by atoms with Gasteiger partial charge in [0.2, 0.25) is 0 Å². The van der Waals surface area contributed by atoms with Gasteiger partial charge in [-0.3, -0.25) is 4.79 Å². The monoisotopic (exact) mass is 494 g/mol. The van der Waals surface area contributed by atoms with Crippen LogP contribution in [0.3, 0.4) is 0 Å². The Hall–Kier alpha value is -3.20. The lowest BCUT2D eigenvalue weighted by Crippen LogP contribution is -2.53. The zero-order valence-corrected chi connectivity index (χ0v) is 21.8. The van der Waals surface area contributed by atoms with E-state index in [2.05, 4.69) is 52.9 Å². The third-order valence-electron chi connectivity index (χ3n) is 9.24. The number of hydrogen-bond donors (Lipinski definition) is 1. The van der Waals surface area contributed by atoms with E-state index in [0.29, 0.717) is 25.1 Å².